The maximum Gasteiger partial charge on any atom is 0.251 e. The number of ether oxygens (including phenoxy) is 1. The first kappa shape index (κ1) is 17.6. The highest BCUT2D eigenvalue weighted by Gasteiger charge is 2.21. The van der Waals surface area contributed by atoms with Crippen molar-refractivity contribution >= 4 is 15.9 Å². The number of primary sulfonamides is 1. The molecule has 1 amide bonds. The fourth-order valence-electron chi connectivity index (χ4n) is 1.97. The van der Waals surface area contributed by atoms with Crippen molar-refractivity contribution in [2.45, 2.75) is 43.7 Å². The second-order valence-electron chi connectivity index (χ2n) is 5.61. The first-order valence-corrected chi connectivity index (χ1v) is 8.09. The van der Waals surface area contributed by atoms with E-state index in [4.69, 9.17) is 9.88 Å². The molecule has 1 rings (SSSR count). The third-order valence-electron chi connectivity index (χ3n) is 3.17. The van der Waals surface area contributed by atoms with Gasteiger partial charge in [-0.1, -0.05) is 0 Å². The molecule has 0 radical (unpaired) electrons. The number of nitrogens with one attached hydrogen (secondary N) is 1. The third-order valence-corrected chi connectivity index (χ3v) is 4.10. The summed E-state index contributed by atoms with van der Waals surface area (Å²) in [4.78, 5) is 12.0. The van der Waals surface area contributed by atoms with Crippen LogP contribution in [-0.4, -0.2) is 33.1 Å². The number of amides is 1. The molecule has 0 fully saturated rings. The maximum absolute atomic E-state index is 12.1. The number of carbonyl (C=O) groups excluding carboxylic acids is 1. The predicted molar refractivity (Wildman–Crippen MR) is 80.4 cm³/mol. The molecular weight excluding hydrogens is 292 g/mol. The molecule has 7 heteroatoms. The van der Waals surface area contributed by atoms with Crippen LogP contribution in [0.5, 0.6) is 0 Å². The van der Waals surface area contributed by atoms with Crippen LogP contribution in [0.1, 0.15) is 37.6 Å². The van der Waals surface area contributed by atoms with Crippen molar-refractivity contribution in [1.82, 2.24) is 5.32 Å². The number of rotatable bonds is 6. The minimum Gasteiger partial charge on any atom is -0.379 e. The summed E-state index contributed by atoms with van der Waals surface area (Å²) in [5.74, 6) is -0.268. The summed E-state index contributed by atoms with van der Waals surface area (Å²) in [5.41, 5.74) is 0.0500. The van der Waals surface area contributed by atoms with Gasteiger partial charge in [0, 0.05) is 18.7 Å². The fraction of sp³-hybridized carbons (Fsp3) is 0.500. The molecule has 0 heterocycles. The zero-order valence-corrected chi connectivity index (χ0v) is 13.5. The summed E-state index contributed by atoms with van der Waals surface area (Å²) in [5, 5.41) is 7.85. The predicted octanol–water partition coefficient (Wildman–Crippen LogP) is 1.27. The van der Waals surface area contributed by atoms with Crippen molar-refractivity contribution in [1.29, 1.82) is 0 Å². The Morgan fingerprint density at radius 1 is 1.33 bits per heavy atom. The van der Waals surface area contributed by atoms with Crippen LogP contribution in [0.15, 0.2) is 29.2 Å². The van der Waals surface area contributed by atoms with Crippen LogP contribution in [0.2, 0.25) is 0 Å². The summed E-state index contributed by atoms with van der Waals surface area (Å²) in [7, 11) is -2.12. The van der Waals surface area contributed by atoms with E-state index in [-0.39, 0.29) is 22.4 Å². The average Bonchev–Trinajstić information content (AvgIpc) is 2.37. The van der Waals surface area contributed by atoms with Gasteiger partial charge in [0.05, 0.1) is 10.5 Å². The topological polar surface area (TPSA) is 98.5 Å². The Hall–Kier alpha value is -1.44. The zero-order valence-electron chi connectivity index (χ0n) is 12.7. The lowest BCUT2D eigenvalue weighted by atomic mass is 9.99. The summed E-state index contributed by atoms with van der Waals surface area (Å²) >= 11 is 0. The van der Waals surface area contributed by atoms with Gasteiger partial charge < -0.3 is 10.1 Å². The summed E-state index contributed by atoms with van der Waals surface area (Å²) in [6.07, 6.45) is 0.657. The van der Waals surface area contributed by atoms with Gasteiger partial charge in [-0.05, 0) is 51.5 Å². The van der Waals surface area contributed by atoms with Gasteiger partial charge in [-0.3, -0.25) is 4.79 Å². The van der Waals surface area contributed by atoms with Crippen molar-refractivity contribution < 1.29 is 17.9 Å². The minimum absolute atomic E-state index is 0.0207. The van der Waals surface area contributed by atoms with E-state index in [1.54, 1.807) is 7.11 Å². The number of carbonyl (C=O) groups is 1. The highest BCUT2D eigenvalue weighted by molar-refractivity contribution is 7.89. The van der Waals surface area contributed by atoms with Crippen LogP contribution in [0, 0.1) is 0 Å². The molecule has 0 spiro atoms. The second kappa shape index (κ2) is 6.55. The smallest absolute Gasteiger partial charge is 0.251 e. The van der Waals surface area contributed by atoms with E-state index in [9.17, 15) is 13.2 Å². The van der Waals surface area contributed by atoms with Crippen LogP contribution in [0.4, 0.5) is 0 Å². The molecule has 1 aromatic rings. The highest BCUT2D eigenvalue weighted by atomic mass is 32.2. The molecule has 0 bridgehead atoms. The van der Waals surface area contributed by atoms with Gasteiger partial charge in [0.1, 0.15) is 0 Å². The fourth-order valence-corrected chi connectivity index (χ4v) is 2.49. The Morgan fingerprint density at radius 2 is 1.86 bits per heavy atom. The first-order chi connectivity index (χ1) is 9.55. The Balaban J connectivity index is 2.72. The van der Waals surface area contributed by atoms with Gasteiger partial charge in [-0.15, -0.1) is 0 Å². The van der Waals surface area contributed by atoms with Gasteiger partial charge in [0.25, 0.3) is 5.91 Å². The van der Waals surface area contributed by atoms with Crippen LogP contribution >= 0.6 is 0 Å². The van der Waals surface area contributed by atoms with E-state index in [1.165, 1.54) is 24.3 Å². The molecule has 3 N–H and O–H groups in total. The summed E-state index contributed by atoms with van der Waals surface area (Å²) in [6.45, 7) is 5.77. The normalized spacial score (nSPS) is 13.8. The Kier molecular flexibility index (Phi) is 5.49. The van der Waals surface area contributed by atoms with Crippen molar-refractivity contribution in [3.05, 3.63) is 29.8 Å². The molecular formula is C14H22N2O4S. The van der Waals surface area contributed by atoms with Crippen molar-refractivity contribution in [2.24, 2.45) is 5.14 Å². The molecule has 0 aliphatic heterocycles. The highest BCUT2D eigenvalue weighted by Crippen LogP contribution is 2.16. The number of hydrogen-bond acceptors (Lipinski definition) is 4. The van der Waals surface area contributed by atoms with E-state index < -0.39 is 10.0 Å². The quantitative estimate of drug-likeness (QED) is 0.826. The van der Waals surface area contributed by atoms with Crippen LogP contribution in [0.25, 0.3) is 0 Å². The number of benzene rings is 1. The van der Waals surface area contributed by atoms with E-state index in [0.717, 1.165) is 0 Å². The molecule has 0 unspecified atom stereocenters. The number of nitrogens with two attached hydrogens (primary N) is 1. The molecule has 21 heavy (non-hydrogen) atoms. The molecule has 118 valence electrons. The number of sulfonamides is 1. The lowest BCUT2D eigenvalue weighted by molar-refractivity contribution is 0.00885. The molecule has 0 aliphatic carbocycles. The van der Waals surface area contributed by atoms with Crippen molar-refractivity contribution in [3.63, 3.8) is 0 Å². The summed E-state index contributed by atoms with van der Waals surface area (Å²) < 4.78 is 27.6. The van der Waals surface area contributed by atoms with Crippen LogP contribution in [-0.2, 0) is 14.8 Å². The number of methoxy groups -OCH3 is 1. The van der Waals surface area contributed by atoms with Crippen molar-refractivity contribution in [2.75, 3.05) is 7.11 Å². The molecule has 0 aromatic heterocycles. The molecule has 6 nitrogen and oxygen atoms in total. The lowest BCUT2D eigenvalue weighted by Gasteiger charge is -2.27. The van der Waals surface area contributed by atoms with Crippen LogP contribution in [0.3, 0.4) is 0 Å². The average molecular weight is 314 g/mol. The second-order valence-corrected chi connectivity index (χ2v) is 7.17. The zero-order chi connectivity index (χ0) is 16.3. The van der Waals surface area contributed by atoms with Gasteiger partial charge in [0.2, 0.25) is 10.0 Å². The summed E-state index contributed by atoms with van der Waals surface area (Å²) in [6, 6.07) is 5.42. The Morgan fingerprint density at radius 3 is 2.29 bits per heavy atom. The van der Waals surface area contributed by atoms with E-state index in [2.05, 4.69) is 5.32 Å². The van der Waals surface area contributed by atoms with Gasteiger partial charge in [0.15, 0.2) is 0 Å². The van der Waals surface area contributed by atoms with Gasteiger partial charge in [-0.2, -0.15) is 0 Å². The third kappa shape index (κ3) is 5.45. The monoisotopic (exact) mass is 314 g/mol. The van der Waals surface area contributed by atoms with Crippen molar-refractivity contribution in [3.8, 4) is 0 Å². The van der Waals surface area contributed by atoms with E-state index in [1.807, 2.05) is 20.8 Å². The van der Waals surface area contributed by atoms with E-state index in [0.29, 0.717) is 12.0 Å². The Labute approximate surface area is 125 Å². The molecule has 0 saturated heterocycles. The molecule has 0 saturated carbocycles. The molecule has 1 aromatic carbocycles. The minimum atomic E-state index is -3.74. The maximum atomic E-state index is 12.1. The first-order valence-electron chi connectivity index (χ1n) is 6.54. The Bertz CT molecular complexity index is 594. The van der Waals surface area contributed by atoms with Gasteiger partial charge >= 0.3 is 0 Å². The molecule has 0 aliphatic rings. The van der Waals surface area contributed by atoms with E-state index >= 15 is 0 Å². The SMILES string of the molecule is COC(C)(C)C[C@@H](C)NC(=O)c1ccc(S(N)(=O)=O)cc1. The van der Waals surface area contributed by atoms with Crippen LogP contribution < -0.4 is 10.5 Å². The molecule has 1 atom stereocenters. The number of hydrogen-bond donors (Lipinski definition) is 2. The largest absolute Gasteiger partial charge is 0.379 e. The van der Waals surface area contributed by atoms with Gasteiger partial charge in [-0.25, -0.2) is 13.6 Å². The lowest BCUT2D eigenvalue weighted by Crippen LogP contribution is -2.38. The standard InChI is InChI=1S/C14H22N2O4S/c1-10(9-14(2,3)20-4)16-13(17)11-5-7-12(8-6-11)21(15,18)19/h5-8,10H,9H2,1-4H3,(H,16,17)(H2,15,18,19)/t10-/m1/s1.